The van der Waals surface area contributed by atoms with Gasteiger partial charge in [-0.1, -0.05) is 43.2 Å². The number of carbonyl (C=O) groups is 1. The van der Waals surface area contributed by atoms with E-state index in [1.165, 1.54) is 6.07 Å². The maximum Gasteiger partial charge on any atom is 0.319 e. The second-order valence-electron chi connectivity index (χ2n) is 7.61. The standard InChI is InChI=1S/C23H31N3O4S/c1-2-30-18-20-12-10-19(11-13-20)17-24-23(27)25-21-8-7-9-22(16-21)31(28,29)26-14-5-3-4-6-15-26/h7-13,16H,2-6,14-15,17-18H2,1H3,(H2,24,25,27). The molecule has 7 nitrogen and oxygen atoms in total. The molecule has 2 aromatic carbocycles. The molecular weight excluding hydrogens is 414 g/mol. The zero-order chi connectivity index (χ0) is 22.1. The van der Waals surface area contributed by atoms with Crippen LogP contribution in [0, 0.1) is 0 Å². The van der Waals surface area contributed by atoms with E-state index in [9.17, 15) is 13.2 Å². The van der Waals surface area contributed by atoms with Gasteiger partial charge in [0.2, 0.25) is 10.0 Å². The van der Waals surface area contributed by atoms with Crippen molar-refractivity contribution in [1.82, 2.24) is 9.62 Å². The first kappa shape index (κ1) is 23.2. The molecule has 2 amide bonds. The number of nitrogens with zero attached hydrogens (tertiary/aromatic N) is 1. The lowest BCUT2D eigenvalue weighted by atomic mass is 10.1. The van der Waals surface area contributed by atoms with Crippen LogP contribution in [0.2, 0.25) is 0 Å². The molecule has 1 heterocycles. The fourth-order valence-electron chi connectivity index (χ4n) is 3.50. The molecule has 0 aromatic heterocycles. The number of sulfonamides is 1. The van der Waals surface area contributed by atoms with Crippen molar-refractivity contribution in [3.63, 3.8) is 0 Å². The Morgan fingerprint density at radius 3 is 2.35 bits per heavy atom. The third kappa shape index (κ3) is 6.78. The van der Waals surface area contributed by atoms with Gasteiger partial charge in [-0.2, -0.15) is 4.31 Å². The summed E-state index contributed by atoms with van der Waals surface area (Å²) in [4.78, 5) is 12.5. The second-order valence-corrected chi connectivity index (χ2v) is 9.55. The highest BCUT2D eigenvalue weighted by Crippen LogP contribution is 2.22. The van der Waals surface area contributed by atoms with E-state index in [-0.39, 0.29) is 10.9 Å². The normalized spacial score (nSPS) is 15.3. The van der Waals surface area contributed by atoms with Gasteiger partial charge in [-0.3, -0.25) is 0 Å². The minimum absolute atomic E-state index is 0.206. The topological polar surface area (TPSA) is 87.7 Å². The predicted octanol–water partition coefficient (Wildman–Crippen LogP) is 4.11. The molecule has 0 bridgehead atoms. The molecule has 1 aliphatic rings. The zero-order valence-electron chi connectivity index (χ0n) is 18.0. The minimum Gasteiger partial charge on any atom is -0.377 e. The van der Waals surface area contributed by atoms with E-state index in [1.54, 1.807) is 22.5 Å². The molecule has 31 heavy (non-hydrogen) atoms. The maximum absolute atomic E-state index is 13.0. The average Bonchev–Trinajstić information content (AvgIpc) is 3.07. The molecule has 0 spiro atoms. The highest BCUT2D eigenvalue weighted by atomic mass is 32.2. The number of rotatable bonds is 8. The van der Waals surface area contributed by atoms with Gasteiger partial charge in [-0.25, -0.2) is 13.2 Å². The lowest BCUT2D eigenvalue weighted by Gasteiger charge is -2.20. The van der Waals surface area contributed by atoms with E-state index in [4.69, 9.17) is 4.74 Å². The highest BCUT2D eigenvalue weighted by Gasteiger charge is 2.25. The quantitative estimate of drug-likeness (QED) is 0.640. The summed E-state index contributed by atoms with van der Waals surface area (Å²) in [6.07, 6.45) is 3.88. The first-order valence-electron chi connectivity index (χ1n) is 10.8. The summed E-state index contributed by atoms with van der Waals surface area (Å²) in [7, 11) is -3.56. The van der Waals surface area contributed by atoms with Crippen LogP contribution in [-0.2, 0) is 27.9 Å². The van der Waals surface area contributed by atoms with Crippen LogP contribution in [0.4, 0.5) is 10.5 Å². The largest absolute Gasteiger partial charge is 0.377 e. The number of urea groups is 1. The van der Waals surface area contributed by atoms with E-state index < -0.39 is 10.0 Å². The summed E-state index contributed by atoms with van der Waals surface area (Å²) in [5.41, 5.74) is 2.49. The van der Waals surface area contributed by atoms with Crippen LogP contribution < -0.4 is 10.6 Å². The molecular formula is C23H31N3O4S. The van der Waals surface area contributed by atoms with E-state index in [2.05, 4.69) is 10.6 Å². The Morgan fingerprint density at radius 1 is 1.00 bits per heavy atom. The summed E-state index contributed by atoms with van der Waals surface area (Å²) in [5.74, 6) is 0. The van der Waals surface area contributed by atoms with Gasteiger partial charge in [0.05, 0.1) is 11.5 Å². The summed E-state index contributed by atoms with van der Waals surface area (Å²) in [5, 5.41) is 5.52. The third-order valence-corrected chi connectivity index (χ3v) is 7.14. The Kier molecular flexibility index (Phi) is 8.45. The smallest absolute Gasteiger partial charge is 0.319 e. The van der Waals surface area contributed by atoms with Crippen LogP contribution in [0.1, 0.15) is 43.7 Å². The number of amides is 2. The van der Waals surface area contributed by atoms with Gasteiger partial charge in [0.15, 0.2) is 0 Å². The van der Waals surface area contributed by atoms with E-state index in [0.29, 0.717) is 38.5 Å². The van der Waals surface area contributed by atoms with Crippen LogP contribution in [0.5, 0.6) is 0 Å². The van der Waals surface area contributed by atoms with Gasteiger partial charge in [0, 0.05) is 31.9 Å². The number of anilines is 1. The number of nitrogens with one attached hydrogen (secondary N) is 2. The number of ether oxygens (including phenoxy) is 1. The van der Waals surface area contributed by atoms with Crippen molar-refractivity contribution in [2.45, 2.75) is 50.7 Å². The van der Waals surface area contributed by atoms with E-state index in [1.807, 2.05) is 31.2 Å². The van der Waals surface area contributed by atoms with Crippen molar-refractivity contribution in [3.05, 3.63) is 59.7 Å². The number of hydrogen-bond donors (Lipinski definition) is 2. The van der Waals surface area contributed by atoms with Crippen molar-refractivity contribution >= 4 is 21.7 Å². The Hall–Kier alpha value is -2.42. The van der Waals surface area contributed by atoms with Crippen molar-refractivity contribution in [3.8, 4) is 0 Å². The molecule has 8 heteroatoms. The average molecular weight is 446 g/mol. The van der Waals surface area contributed by atoms with E-state index in [0.717, 1.165) is 36.8 Å². The van der Waals surface area contributed by atoms with Crippen LogP contribution in [0.15, 0.2) is 53.4 Å². The Morgan fingerprint density at radius 2 is 1.68 bits per heavy atom. The van der Waals surface area contributed by atoms with Crippen molar-refractivity contribution in [1.29, 1.82) is 0 Å². The van der Waals surface area contributed by atoms with Crippen molar-refractivity contribution < 1.29 is 17.9 Å². The van der Waals surface area contributed by atoms with Gasteiger partial charge < -0.3 is 15.4 Å². The molecule has 0 aliphatic carbocycles. The number of benzene rings is 2. The molecule has 168 valence electrons. The first-order valence-corrected chi connectivity index (χ1v) is 12.2. The molecule has 2 N–H and O–H groups in total. The second kappa shape index (κ2) is 11.3. The summed E-state index contributed by atoms with van der Waals surface area (Å²) < 4.78 is 32.9. The van der Waals surface area contributed by atoms with Crippen molar-refractivity contribution in [2.75, 3.05) is 25.0 Å². The molecule has 1 fully saturated rings. The predicted molar refractivity (Wildman–Crippen MR) is 121 cm³/mol. The molecule has 1 saturated heterocycles. The van der Waals surface area contributed by atoms with Gasteiger partial charge in [-0.05, 0) is 49.1 Å². The zero-order valence-corrected chi connectivity index (χ0v) is 18.8. The molecule has 0 atom stereocenters. The molecule has 3 rings (SSSR count). The molecule has 0 radical (unpaired) electrons. The summed E-state index contributed by atoms with van der Waals surface area (Å²) in [6.45, 7) is 4.66. The lowest BCUT2D eigenvalue weighted by molar-refractivity contribution is 0.134. The highest BCUT2D eigenvalue weighted by molar-refractivity contribution is 7.89. The monoisotopic (exact) mass is 445 g/mol. The third-order valence-electron chi connectivity index (χ3n) is 5.24. The Labute approximate surface area is 184 Å². The summed E-state index contributed by atoms with van der Waals surface area (Å²) in [6, 6.07) is 13.9. The van der Waals surface area contributed by atoms with Crippen LogP contribution in [0.25, 0.3) is 0 Å². The van der Waals surface area contributed by atoms with Crippen LogP contribution in [-0.4, -0.2) is 38.5 Å². The SMILES string of the molecule is CCOCc1ccc(CNC(=O)Nc2cccc(S(=O)(=O)N3CCCCCC3)c2)cc1. The van der Waals surface area contributed by atoms with Crippen molar-refractivity contribution in [2.24, 2.45) is 0 Å². The summed E-state index contributed by atoms with van der Waals surface area (Å²) >= 11 is 0. The van der Waals surface area contributed by atoms with Gasteiger partial charge >= 0.3 is 6.03 Å². The number of hydrogen-bond acceptors (Lipinski definition) is 4. The molecule has 0 unspecified atom stereocenters. The fourth-order valence-corrected chi connectivity index (χ4v) is 5.06. The van der Waals surface area contributed by atoms with Gasteiger partial charge in [-0.15, -0.1) is 0 Å². The molecule has 1 aliphatic heterocycles. The van der Waals surface area contributed by atoms with Gasteiger partial charge in [0.25, 0.3) is 0 Å². The van der Waals surface area contributed by atoms with Gasteiger partial charge in [0.1, 0.15) is 0 Å². The first-order chi connectivity index (χ1) is 15.0. The Balaban J connectivity index is 1.57. The maximum atomic E-state index is 13.0. The van der Waals surface area contributed by atoms with Crippen LogP contribution >= 0.6 is 0 Å². The fraction of sp³-hybridized carbons (Fsp3) is 0.435. The molecule has 0 saturated carbocycles. The van der Waals surface area contributed by atoms with E-state index >= 15 is 0 Å². The minimum atomic E-state index is -3.56. The number of carbonyl (C=O) groups excluding carboxylic acids is 1. The lowest BCUT2D eigenvalue weighted by Crippen LogP contribution is -2.32. The van der Waals surface area contributed by atoms with Crippen LogP contribution in [0.3, 0.4) is 0 Å². The molecule has 2 aromatic rings. The Bertz CT molecular complexity index is 953.